The lowest BCUT2D eigenvalue weighted by atomic mass is 10.1. The number of nitrogens with zero attached hydrogens (tertiary/aromatic N) is 2. The molecule has 0 saturated carbocycles. The van der Waals surface area contributed by atoms with Crippen LogP contribution in [0.15, 0.2) is 53.4 Å². The van der Waals surface area contributed by atoms with Gasteiger partial charge in [0.2, 0.25) is 15.9 Å². The Balaban J connectivity index is 1.46. The molecule has 152 valence electrons. The minimum absolute atomic E-state index is 0.0102. The van der Waals surface area contributed by atoms with Crippen molar-refractivity contribution in [3.8, 4) is 11.1 Å². The third kappa shape index (κ3) is 3.88. The molecule has 2 aromatic rings. The van der Waals surface area contributed by atoms with Crippen LogP contribution in [-0.4, -0.2) is 55.2 Å². The molecule has 0 atom stereocenters. The van der Waals surface area contributed by atoms with Crippen LogP contribution in [0.4, 0.5) is 4.79 Å². The lowest BCUT2D eigenvalue weighted by Crippen LogP contribution is -2.48. The molecule has 9 heteroatoms. The standard InChI is InChI=1S/C20H20ClN3O4S/c21-16-3-1-2-15(12-16)14-4-6-18(7-5-14)29(27,28)23-10-8-17(9-11-23)24-19(25)13-22-20(24)26/h1-7,12,17H,8-11,13H2,(H,22,26). The van der Waals surface area contributed by atoms with E-state index in [9.17, 15) is 18.0 Å². The van der Waals surface area contributed by atoms with E-state index < -0.39 is 16.1 Å². The molecule has 0 aliphatic carbocycles. The highest BCUT2D eigenvalue weighted by Gasteiger charge is 2.38. The summed E-state index contributed by atoms with van der Waals surface area (Å²) in [6, 6.07) is 13.4. The molecular weight excluding hydrogens is 414 g/mol. The van der Waals surface area contributed by atoms with E-state index in [1.165, 1.54) is 9.21 Å². The summed E-state index contributed by atoms with van der Waals surface area (Å²) in [5.74, 6) is -0.257. The molecule has 3 amide bonds. The summed E-state index contributed by atoms with van der Waals surface area (Å²) in [4.78, 5) is 25.1. The number of urea groups is 1. The van der Waals surface area contributed by atoms with Crippen molar-refractivity contribution >= 4 is 33.6 Å². The summed E-state index contributed by atoms with van der Waals surface area (Å²) in [6.45, 7) is 0.538. The van der Waals surface area contributed by atoms with Crippen LogP contribution in [0, 0.1) is 0 Å². The van der Waals surface area contributed by atoms with E-state index in [-0.39, 0.29) is 36.5 Å². The molecule has 2 saturated heterocycles. The van der Waals surface area contributed by atoms with Crippen molar-refractivity contribution in [3.63, 3.8) is 0 Å². The molecule has 0 aromatic heterocycles. The lowest BCUT2D eigenvalue weighted by molar-refractivity contribution is -0.127. The van der Waals surface area contributed by atoms with Gasteiger partial charge in [-0.05, 0) is 48.2 Å². The summed E-state index contributed by atoms with van der Waals surface area (Å²) in [5, 5.41) is 3.12. The van der Waals surface area contributed by atoms with Crippen LogP contribution in [-0.2, 0) is 14.8 Å². The Hall–Kier alpha value is -2.42. The fraction of sp³-hybridized carbons (Fsp3) is 0.300. The largest absolute Gasteiger partial charge is 0.329 e. The van der Waals surface area contributed by atoms with E-state index in [0.717, 1.165) is 11.1 Å². The minimum Gasteiger partial charge on any atom is -0.329 e. The summed E-state index contributed by atoms with van der Waals surface area (Å²) >= 11 is 6.03. The van der Waals surface area contributed by atoms with Gasteiger partial charge in [0.05, 0.1) is 11.4 Å². The van der Waals surface area contributed by atoms with E-state index in [1.807, 2.05) is 18.2 Å². The van der Waals surface area contributed by atoms with Gasteiger partial charge < -0.3 is 5.32 Å². The number of rotatable bonds is 4. The highest BCUT2D eigenvalue weighted by molar-refractivity contribution is 7.89. The summed E-state index contributed by atoms with van der Waals surface area (Å²) in [5.41, 5.74) is 1.79. The number of nitrogens with one attached hydrogen (secondary N) is 1. The van der Waals surface area contributed by atoms with Gasteiger partial charge in [-0.3, -0.25) is 9.69 Å². The third-order valence-corrected chi connectivity index (χ3v) is 7.46. The van der Waals surface area contributed by atoms with Crippen molar-refractivity contribution in [1.29, 1.82) is 0 Å². The van der Waals surface area contributed by atoms with Gasteiger partial charge in [0.15, 0.2) is 0 Å². The molecule has 2 fully saturated rings. The zero-order valence-corrected chi connectivity index (χ0v) is 17.1. The highest BCUT2D eigenvalue weighted by atomic mass is 35.5. The zero-order chi connectivity index (χ0) is 20.6. The molecule has 7 nitrogen and oxygen atoms in total. The molecule has 4 rings (SSSR count). The normalized spacial score (nSPS) is 18.9. The number of hydrogen-bond donors (Lipinski definition) is 1. The Morgan fingerprint density at radius 3 is 2.24 bits per heavy atom. The maximum absolute atomic E-state index is 13.0. The third-order valence-electron chi connectivity index (χ3n) is 5.32. The van der Waals surface area contributed by atoms with Crippen molar-refractivity contribution in [3.05, 3.63) is 53.6 Å². The molecule has 2 aliphatic heterocycles. The van der Waals surface area contributed by atoms with Gasteiger partial charge in [-0.1, -0.05) is 35.9 Å². The Morgan fingerprint density at radius 1 is 0.966 bits per heavy atom. The average Bonchev–Trinajstić information content (AvgIpc) is 3.06. The van der Waals surface area contributed by atoms with Crippen molar-refractivity contribution in [2.75, 3.05) is 19.6 Å². The lowest BCUT2D eigenvalue weighted by Gasteiger charge is -2.34. The molecule has 0 bridgehead atoms. The minimum atomic E-state index is -3.64. The Kier molecular flexibility index (Phi) is 5.33. The topological polar surface area (TPSA) is 86.8 Å². The fourth-order valence-corrected chi connectivity index (χ4v) is 5.44. The Bertz CT molecular complexity index is 1030. The predicted molar refractivity (Wildman–Crippen MR) is 109 cm³/mol. The van der Waals surface area contributed by atoms with E-state index in [2.05, 4.69) is 5.32 Å². The molecule has 29 heavy (non-hydrogen) atoms. The van der Waals surface area contributed by atoms with Crippen molar-refractivity contribution < 1.29 is 18.0 Å². The number of amides is 3. The van der Waals surface area contributed by atoms with Crippen LogP contribution >= 0.6 is 11.6 Å². The number of carbonyl (C=O) groups excluding carboxylic acids is 2. The molecule has 0 spiro atoms. The Morgan fingerprint density at radius 2 is 1.66 bits per heavy atom. The second-order valence-electron chi connectivity index (χ2n) is 7.09. The number of piperidine rings is 1. The number of halogens is 1. The monoisotopic (exact) mass is 433 g/mol. The highest BCUT2D eigenvalue weighted by Crippen LogP contribution is 2.27. The van der Waals surface area contributed by atoms with E-state index in [0.29, 0.717) is 17.9 Å². The number of imide groups is 1. The maximum atomic E-state index is 13.0. The van der Waals surface area contributed by atoms with Gasteiger partial charge in [-0.2, -0.15) is 4.31 Å². The van der Waals surface area contributed by atoms with Gasteiger partial charge in [0, 0.05) is 24.2 Å². The molecule has 0 unspecified atom stereocenters. The fourth-order valence-electron chi connectivity index (χ4n) is 3.78. The smallest absolute Gasteiger partial charge is 0.324 e. The molecule has 0 radical (unpaired) electrons. The maximum Gasteiger partial charge on any atom is 0.324 e. The van der Waals surface area contributed by atoms with Gasteiger partial charge in [-0.15, -0.1) is 0 Å². The number of benzene rings is 2. The van der Waals surface area contributed by atoms with Gasteiger partial charge in [-0.25, -0.2) is 13.2 Å². The first-order valence-electron chi connectivity index (χ1n) is 9.32. The van der Waals surface area contributed by atoms with Crippen molar-refractivity contribution in [2.45, 2.75) is 23.8 Å². The van der Waals surface area contributed by atoms with Crippen LogP contribution < -0.4 is 5.32 Å². The average molecular weight is 434 g/mol. The van der Waals surface area contributed by atoms with Gasteiger partial charge in [0.25, 0.3) is 0 Å². The second-order valence-corrected chi connectivity index (χ2v) is 9.47. The number of hydrogen-bond acceptors (Lipinski definition) is 4. The first-order chi connectivity index (χ1) is 13.9. The van der Waals surface area contributed by atoms with Crippen LogP contribution in [0.1, 0.15) is 12.8 Å². The van der Waals surface area contributed by atoms with E-state index in [4.69, 9.17) is 11.6 Å². The van der Waals surface area contributed by atoms with Crippen molar-refractivity contribution in [1.82, 2.24) is 14.5 Å². The molecule has 2 aromatic carbocycles. The first kappa shape index (κ1) is 19.9. The van der Waals surface area contributed by atoms with Crippen LogP contribution in [0.25, 0.3) is 11.1 Å². The van der Waals surface area contributed by atoms with Crippen molar-refractivity contribution in [2.24, 2.45) is 0 Å². The Labute approximate surface area is 174 Å². The molecule has 2 aliphatic rings. The van der Waals surface area contributed by atoms with Crippen LogP contribution in [0.3, 0.4) is 0 Å². The zero-order valence-electron chi connectivity index (χ0n) is 15.5. The van der Waals surface area contributed by atoms with E-state index >= 15 is 0 Å². The summed E-state index contributed by atoms with van der Waals surface area (Å²) < 4.78 is 27.4. The SMILES string of the molecule is O=C1CNC(=O)N1C1CCN(S(=O)(=O)c2ccc(-c3cccc(Cl)c3)cc2)CC1. The summed E-state index contributed by atoms with van der Waals surface area (Å²) in [6.07, 6.45) is 0.859. The first-order valence-corrected chi connectivity index (χ1v) is 11.1. The van der Waals surface area contributed by atoms with Gasteiger partial charge in [0.1, 0.15) is 0 Å². The second kappa shape index (κ2) is 7.78. The molecular formula is C20H20ClN3O4S. The number of carbonyl (C=O) groups is 2. The molecule has 2 heterocycles. The predicted octanol–water partition coefficient (Wildman–Crippen LogP) is 2.71. The molecule has 1 N–H and O–H groups in total. The van der Waals surface area contributed by atoms with Crippen LogP contribution in [0.2, 0.25) is 5.02 Å². The quantitative estimate of drug-likeness (QED) is 0.751. The van der Waals surface area contributed by atoms with Crippen LogP contribution in [0.5, 0.6) is 0 Å². The van der Waals surface area contributed by atoms with Gasteiger partial charge >= 0.3 is 6.03 Å². The number of sulfonamides is 1. The van der Waals surface area contributed by atoms with E-state index in [1.54, 1.807) is 30.3 Å². The summed E-state index contributed by atoms with van der Waals surface area (Å²) in [7, 11) is -3.64.